The lowest BCUT2D eigenvalue weighted by atomic mass is 10.1. The Balaban J connectivity index is 0.00000420. The van der Waals surface area contributed by atoms with Crippen LogP contribution in [0.3, 0.4) is 0 Å². The third-order valence-corrected chi connectivity index (χ3v) is 4.44. The number of aryl methyl sites for hydroxylation is 1. The summed E-state index contributed by atoms with van der Waals surface area (Å²) < 4.78 is 7.77. The molecule has 1 amide bonds. The maximum absolute atomic E-state index is 12.1. The molecule has 1 aliphatic heterocycles. The molecule has 10 heteroatoms. The van der Waals surface area contributed by atoms with Crippen LogP contribution in [0.5, 0.6) is 0 Å². The number of aromatic nitrogens is 3. The molecule has 1 aromatic heterocycles. The van der Waals surface area contributed by atoms with E-state index >= 15 is 0 Å². The third-order valence-electron chi connectivity index (χ3n) is 4.44. The van der Waals surface area contributed by atoms with E-state index < -0.39 is 0 Å². The van der Waals surface area contributed by atoms with Crippen LogP contribution in [0.25, 0.3) is 0 Å². The number of ether oxygens (including phenoxy) is 1. The van der Waals surface area contributed by atoms with Crippen molar-refractivity contribution in [2.75, 3.05) is 19.7 Å². The van der Waals surface area contributed by atoms with Crippen molar-refractivity contribution in [3.8, 4) is 0 Å². The summed E-state index contributed by atoms with van der Waals surface area (Å²) in [4.78, 5) is 16.6. The molecule has 2 heterocycles. The Morgan fingerprint density at radius 3 is 2.83 bits per heavy atom. The van der Waals surface area contributed by atoms with E-state index in [1.807, 2.05) is 25.3 Å². The highest BCUT2D eigenvalue weighted by Crippen LogP contribution is 2.15. The van der Waals surface area contributed by atoms with Crippen LogP contribution < -0.4 is 16.0 Å². The normalized spacial score (nSPS) is 18.1. The van der Waals surface area contributed by atoms with Crippen LogP contribution in [0.2, 0.25) is 0 Å². The minimum Gasteiger partial charge on any atom is -0.376 e. The molecule has 0 radical (unpaired) electrons. The van der Waals surface area contributed by atoms with Gasteiger partial charge in [0.1, 0.15) is 18.7 Å². The minimum absolute atomic E-state index is 0. The molecule has 0 aliphatic carbocycles. The van der Waals surface area contributed by atoms with Crippen molar-refractivity contribution in [3.05, 3.63) is 12.2 Å². The fourth-order valence-corrected chi connectivity index (χ4v) is 3.10. The standard InChI is InChI=1S/C19H35N7O2.HI/c1-6-16-25-22-13-26(16)10-9-20-18(21-12-17(27)24-19(3,4)5)23-14(2)15-8-7-11-28-15;/h13-15H,6-12H2,1-5H3,(H,24,27)(H2,20,21,23);1H. The van der Waals surface area contributed by atoms with Gasteiger partial charge in [-0.05, 0) is 40.5 Å². The summed E-state index contributed by atoms with van der Waals surface area (Å²) in [6, 6.07) is 0.112. The van der Waals surface area contributed by atoms with E-state index in [1.54, 1.807) is 6.33 Å². The summed E-state index contributed by atoms with van der Waals surface area (Å²) in [5, 5.41) is 17.7. The molecule has 0 saturated carbocycles. The zero-order valence-corrected chi connectivity index (χ0v) is 20.5. The highest BCUT2D eigenvalue weighted by Gasteiger charge is 2.23. The Morgan fingerprint density at radius 1 is 1.45 bits per heavy atom. The molecule has 29 heavy (non-hydrogen) atoms. The van der Waals surface area contributed by atoms with E-state index in [1.165, 1.54) is 0 Å². The Morgan fingerprint density at radius 2 is 2.21 bits per heavy atom. The molecule has 1 saturated heterocycles. The summed E-state index contributed by atoms with van der Waals surface area (Å²) in [5.74, 6) is 1.45. The van der Waals surface area contributed by atoms with E-state index in [0.29, 0.717) is 12.5 Å². The monoisotopic (exact) mass is 521 g/mol. The fraction of sp³-hybridized carbons (Fsp3) is 0.789. The predicted octanol–water partition coefficient (Wildman–Crippen LogP) is 1.48. The van der Waals surface area contributed by atoms with Crippen LogP contribution >= 0.6 is 24.0 Å². The lowest BCUT2D eigenvalue weighted by Gasteiger charge is -2.23. The van der Waals surface area contributed by atoms with E-state index in [0.717, 1.165) is 38.2 Å². The molecule has 2 atom stereocenters. The van der Waals surface area contributed by atoms with Crippen LogP contribution in [0.1, 0.15) is 53.3 Å². The number of amides is 1. The molecular weight excluding hydrogens is 485 g/mol. The van der Waals surface area contributed by atoms with Crippen molar-refractivity contribution < 1.29 is 9.53 Å². The molecule has 1 aliphatic rings. The van der Waals surface area contributed by atoms with Gasteiger partial charge < -0.3 is 25.3 Å². The van der Waals surface area contributed by atoms with Crippen LogP contribution in [0.15, 0.2) is 11.3 Å². The van der Waals surface area contributed by atoms with Gasteiger partial charge in [0.05, 0.1) is 12.1 Å². The van der Waals surface area contributed by atoms with Gasteiger partial charge in [-0.2, -0.15) is 0 Å². The summed E-state index contributed by atoms with van der Waals surface area (Å²) in [6.07, 6.45) is 4.85. The molecule has 0 spiro atoms. The number of carbonyl (C=O) groups is 1. The topological polar surface area (TPSA) is 105 Å². The Labute approximate surface area is 190 Å². The minimum atomic E-state index is -0.274. The van der Waals surface area contributed by atoms with Gasteiger partial charge >= 0.3 is 0 Å². The lowest BCUT2D eigenvalue weighted by Crippen LogP contribution is -2.48. The first-order valence-electron chi connectivity index (χ1n) is 10.1. The first-order chi connectivity index (χ1) is 13.3. The number of hydrogen-bond acceptors (Lipinski definition) is 5. The van der Waals surface area contributed by atoms with Crippen molar-refractivity contribution in [1.29, 1.82) is 0 Å². The second-order valence-corrected chi connectivity index (χ2v) is 8.17. The summed E-state index contributed by atoms with van der Waals surface area (Å²) in [7, 11) is 0. The molecule has 2 unspecified atom stereocenters. The van der Waals surface area contributed by atoms with E-state index in [-0.39, 0.29) is 54.1 Å². The molecule has 0 aromatic carbocycles. The highest BCUT2D eigenvalue weighted by atomic mass is 127. The van der Waals surface area contributed by atoms with E-state index in [9.17, 15) is 4.79 Å². The van der Waals surface area contributed by atoms with Gasteiger partial charge in [-0.3, -0.25) is 4.79 Å². The number of nitrogens with one attached hydrogen (secondary N) is 3. The lowest BCUT2D eigenvalue weighted by molar-refractivity contribution is -0.121. The van der Waals surface area contributed by atoms with Gasteiger partial charge in [-0.15, -0.1) is 34.2 Å². The maximum atomic E-state index is 12.1. The SMILES string of the molecule is CCc1nncn1CCNC(=NCC(=O)NC(C)(C)C)NC(C)C1CCCO1.I. The van der Waals surface area contributed by atoms with Crippen LogP contribution in [-0.2, 0) is 22.5 Å². The first kappa shape index (κ1) is 25.6. The molecule has 3 N–H and O–H groups in total. The quantitative estimate of drug-likeness (QED) is 0.272. The van der Waals surface area contributed by atoms with Crippen LogP contribution in [-0.4, -0.2) is 64.0 Å². The third kappa shape index (κ3) is 9.28. The predicted molar refractivity (Wildman–Crippen MR) is 125 cm³/mol. The number of aliphatic imine (C=N–C) groups is 1. The molecule has 1 fully saturated rings. The molecule has 0 bridgehead atoms. The van der Waals surface area contributed by atoms with Crippen molar-refractivity contribution in [2.24, 2.45) is 4.99 Å². The largest absolute Gasteiger partial charge is 0.376 e. The van der Waals surface area contributed by atoms with E-state index in [4.69, 9.17) is 4.74 Å². The van der Waals surface area contributed by atoms with E-state index in [2.05, 4.69) is 45.0 Å². The summed E-state index contributed by atoms with van der Waals surface area (Å²) in [6.45, 7) is 12.2. The van der Waals surface area contributed by atoms with Crippen molar-refractivity contribution in [3.63, 3.8) is 0 Å². The number of rotatable bonds is 8. The van der Waals surface area contributed by atoms with Crippen molar-refractivity contribution in [1.82, 2.24) is 30.7 Å². The number of guanidine groups is 1. The molecule has 1 aromatic rings. The average Bonchev–Trinajstić information content (AvgIpc) is 3.29. The Kier molecular flexibility index (Phi) is 10.9. The molecular formula is C19H36IN7O2. The second kappa shape index (κ2) is 12.3. The zero-order valence-electron chi connectivity index (χ0n) is 18.2. The van der Waals surface area contributed by atoms with Gasteiger partial charge in [0.2, 0.25) is 5.91 Å². The average molecular weight is 521 g/mol. The number of hydrogen-bond donors (Lipinski definition) is 3. The van der Waals surface area contributed by atoms with Gasteiger partial charge in [0.25, 0.3) is 0 Å². The van der Waals surface area contributed by atoms with Gasteiger partial charge in [0, 0.05) is 31.7 Å². The van der Waals surface area contributed by atoms with Crippen molar-refractivity contribution in [2.45, 2.75) is 78.1 Å². The number of nitrogens with zero attached hydrogens (tertiary/aromatic N) is 4. The zero-order chi connectivity index (χ0) is 20.6. The Hall–Kier alpha value is -1.43. The van der Waals surface area contributed by atoms with Gasteiger partial charge in [0.15, 0.2) is 5.96 Å². The van der Waals surface area contributed by atoms with Gasteiger partial charge in [-0.1, -0.05) is 6.92 Å². The number of carbonyl (C=O) groups excluding carboxylic acids is 1. The molecule has 9 nitrogen and oxygen atoms in total. The number of halogens is 1. The smallest absolute Gasteiger partial charge is 0.242 e. The summed E-state index contributed by atoms with van der Waals surface area (Å²) >= 11 is 0. The van der Waals surface area contributed by atoms with Crippen LogP contribution in [0, 0.1) is 0 Å². The van der Waals surface area contributed by atoms with Gasteiger partial charge in [-0.25, -0.2) is 4.99 Å². The van der Waals surface area contributed by atoms with Crippen molar-refractivity contribution >= 4 is 35.8 Å². The molecule has 2 rings (SSSR count). The maximum Gasteiger partial charge on any atom is 0.242 e. The molecule has 166 valence electrons. The highest BCUT2D eigenvalue weighted by molar-refractivity contribution is 14.0. The first-order valence-corrected chi connectivity index (χ1v) is 10.1. The fourth-order valence-electron chi connectivity index (χ4n) is 3.10. The van der Waals surface area contributed by atoms with Crippen LogP contribution in [0.4, 0.5) is 0 Å². The summed E-state index contributed by atoms with van der Waals surface area (Å²) in [5.41, 5.74) is -0.274. The Bertz CT molecular complexity index is 651. The second-order valence-electron chi connectivity index (χ2n) is 8.17.